The molecule has 0 aromatic heterocycles. The van der Waals surface area contributed by atoms with Gasteiger partial charge in [0.1, 0.15) is 11.4 Å². The van der Waals surface area contributed by atoms with Crippen molar-refractivity contribution in [3.05, 3.63) is 78.9 Å². The standard InChI is InChI=1S/C29H36N4O5/c1-8-29(2,3)23-17-21(13-19-9-11-24(30(4)5)26(15-19)32(35)36)28(34)22(18-23)14-20-10-12-25(31(6)7)27(16-20)33(37)38/h9-16,23H,8,17-18H2,1-7H3/b21-13-,22-14+. The molecular weight excluding hydrogens is 484 g/mol. The van der Waals surface area contributed by atoms with Crippen LogP contribution in [-0.2, 0) is 4.79 Å². The van der Waals surface area contributed by atoms with E-state index in [2.05, 4.69) is 20.8 Å². The molecule has 1 atom stereocenters. The summed E-state index contributed by atoms with van der Waals surface area (Å²) in [5.74, 6) is 0.0293. The van der Waals surface area contributed by atoms with Gasteiger partial charge in [-0.1, -0.05) is 39.3 Å². The molecule has 38 heavy (non-hydrogen) atoms. The number of carbonyl (C=O) groups is 1. The fourth-order valence-corrected chi connectivity index (χ4v) is 4.80. The summed E-state index contributed by atoms with van der Waals surface area (Å²) in [4.78, 5) is 39.6. The molecule has 0 spiro atoms. The number of hydrogen-bond donors (Lipinski definition) is 0. The van der Waals surface area contributed by atoms with Crippen LogP contribution in [0.25, 0.3) is 12.2 Å². The summed E-state index contributed by atoms with van der Waals surface area (Å²) in [7, 11) is 6.98. The normalized spacial score (nSPS) is 18.1. The average molecular weight is 521 g/mol. The van der Waals surface area contributed by atoms with E-state index in [4.69, 9.17) is 0 Å². The van der Waals surface area contributed by atoms with Crippen LogP contribution in [0.2, 0.25) is 0 Å². The Bertz CT molecular complexity index is 1230. The first-order valence-electron chi connectivity index (χ1n) is 12.6. The largest absolute Gasteiger partial charge is 0.372 e. The minimum Gasteiger partial charge on any atom is -0.372 e. The Labute approximate surface area is 223 Å². The third-order valence-corrected chi connectivity index (χ3v) is 7.57. The number of carbonyl (C=O) groups excluding carboxylic acids is 1. The summed E-state index contributed by atoms with van der Waals surface area (Å²) < 4.78 is 0. The lowest BCUT2D eigenvalue weighted by atomic mass is 9.66. The lowest BCUT2D eigenvalue weighted by Crippen LogP contribution is -2.30. The van der Waals surface area contributed by atoms with Crippen LogP contribution in [0.3, 0.4) is 0 Å². The van der Waals surface area contributed by atoms with Gasteiger partial charge in [0.25, 0.3) is 11.4 Å². The molecule has 0 heterocycles. The number of ketones is 1. The van der Waals surface area contributed by atoms with Crippen molar-refractivity contribution in [3.63, 3.8) is 0 Å². The minimum absolute atomic E-state index is 0.0258. The van der Waals surface area contributed by atoms with Gasteiger partial charge in [0.2, 0.25) is 0 Å². The maximum Gasteiger partial charge on any atom is 0.293 e. The van der Waals surface area contributed by atoms with Gasteiger partial charge < -0.3 is 9.80 Å². The number of nitro groups is 2. The Hall–Kier alpha value is -4.01. The van der Waals surface area contributed by atoms with Gasteiger partial charge in [0, 0.05) is 51.5 Å². The van der Waals surface area contributed by atoms with Crippen molar-refractivity contribution in [1.82, 2.24) is 0 Å². The van der Waals surface area contributed by atoms with Crippen LogP contribution in [0, 0.1) is 31.6 Å². The van der Waals surface area contributed by atoms with Crippen LogP contribution in [0.4, 0.5) is 22.7 Å². The van der Waals surface area contributed by atoms with Crippen molar-refractivity contribution in [2.45, 2.75) is 40.0 Å². The van der Waals surface area contributed by atoms with E-state index >= 15 is 0 Å². The zero-order chi connectivity index (χ0) is 28.4. The third-order valence-electron chi connectivity index (χ3n) is 7.57. The average Bonchev–Trinajstić information content (AvgIpc) is 2.85. The maximum atomic E-state index is 13.7. The first kappa shape index (κ1) is 28.6. The molecule has 0 amide bonds. The van der Waals surface area contributed by atoms with E-state index in [9.17, 15) is 25.0 Å². The van der Waals surface area contributed by atoms with Crippen LogP contribution in [0.5, 0.6) is 0 Å². The van der Waals surface area contributed by atoms with E-state index in [0.29, 0.717) is 46.5 Å². The van der Waals surface area contributed by atoms with E-state index in [0.717, 1.165) is 6.42 Å². The number of hydrogen-bond acceptors (Lipinski definition) is 7. The molecule has 2 aromatic carbocycles. The van der Waals surface area contributed by atoms with Crippen molar-refractivity contribution in [3.8, 4) is 0 Å². The fraction of sp³-hybridized carbons (Fsp3) is 0.414. The summed E-state index contributed by atoms with van der Waals surface area (Å²) in [6, 6.07) is 9.93. The predicted octanol–water partition coefficient (Wildman–Crippen LogP) is 6.52. The highest BCUT2D eigenvalue weighted by Gasteiger charge is 2.36. The topological polar surface area (TPSA) is 110 Å². The van der Waals surface area contributed by atoms with E-state index in [-0.39, 0.29) is 28.5 Å². The number of rotatable bonds is 8. The molecule has 2 aromatic rings. The zero-order valence-corrected chi connectivity index (χ0v) is 23.1. The zero-order valence-electron chi connectivity index (χ0n) is 23.1. The van der Waals surface area contributed by atoms with Crippen molar-refractivity contribution in [2.24, 2.45) is 11.3 Å². The van der Waals surface area contributed by atoms with Crippen LogP contribution >= 0.6 is 0 Å². The minimum atomic E-state index is -0.418. The Balaban J connectivity index is 2.11. The smallest absolute Gasteiger partial charge is 0.293 e. The molecule has 9 nitrogen and oxygen atoms in total. The second kappa shape index (κ2) is 11.2. The van der Waals surface area contributed by atoms with Gasteiger partial charge in [-0.25, -0.2) is 0 Å². The molecule has 3 rings (SSSR count). The number of benzene rings is 2. The van der Waals surface area contributed by atoms with Gasteiger partial charge >= 0.3 is 0 Å². The van der Waals surface area contributed by atoms with Gasteiger partial charge in [0.15, 0.2) is 5.78 Å². The highest BCUT2D eigenvalue weighted by Crippen LogP contribution is 2.44. The number of nitro benzene ring substituents is 2. The predicted molar refractivity (Wildman–Crippen MR) is 153 cm³/mol. The lowest BCUT2D eigenvalue weighted by Gasteiger charge is -2.37. The Morgan fingerprint density at radius 1 is 0.842 bits per heavy atom. The van der Waals surface area contributed by atoms with Crippen LogP contribution < -0.4 is 9.80 Å². The van der Waals surface area contributed by atoms with Crippen LogP contribution in [0.15, 0.2) is 47.5 Å². The Morgan fingerprint density at radius 2 is 1.24 bits per heavy atom. The molecule has 1 aliphatic carbocycles. The quantitative estimate of drug-likeness (QED) is 0.221. The maximum absolute atomic E-state index is 13.7. The summed E-state index contributed by atoms with van der Waals surface area (Å²) in [6.07, 6.45) is 5.52. The summed E-state index contributed by atoms with van der Waals surface area (Å²) in [5.41, 5.74) is 3.21. The van der Waals surface area contributed by atoms with Crippen LogP contribution in [-0.4, -0.2) is 43.8 Å². The van der Waals surface area contributed by atoms with Crippen molar-refractivity contribution >= 4 is 40.7 Å². The second-order valence-electron chi connectivity index (χ2n) is 10.9. The molecular formula is C29H36N4O5. The van der Waals surface area contributed by atoms with Gasteiger partial charge in [0.05, 0.1) is 9.85 Å². The van der Waals surface area contributed by atoms with E-state index in [1.165, 1.54) is 12.1 Å². The van der Waals surface area contributed by atoms with Gasteiger partial charge in [-0.15, -0.1) is 0 Å². The number of nitrogens with zero attached hydrogens (tertiary/aromatic N) is 4. The molecule has 0 aliphatic heterocycles. The van der Waals surface area contributed by atoms with E-state index in [1.54, 1.807) is 74.4 Å². The summed E-state index contributed by atoms with van der Waals surface area (Å²) in [6.45, 7) is 6.47. The molecule has 1 unspecified atom stereocenters. The number of allylic oxidation sites excluding steroid dienone is 2. The first-order chi connectivity index (χ1) is 17.7. The Kier molecular flexibility index (Phi) is 8.39. The molecule has 0 radical (unpaired) electrons. The van der Waals surface area contributed by atoms with Crippen molar-refractivity contribution < 1.29 is 14.6 Å². The highest BCUT2D eigenvalue weighted by molar-refractivity contribution is 6.14. The highest BCUT2D eigenvalue weighted by atomic mass is 16.6. The number of anilines is 2. The fourth-order valence-electron chi connectivity index (χ4n) is 4.80. The summed E-state index contributed by atoms with van der Waals surface area (Å²) in [5, 5.41) is 23.4. The van der Waals surface area contributed by atoms with Gasteiger partial charge in [-0.05, 0) is 59.6 Å². The molecule has 0 saturated heterocycles. The van der Waals surface area contributed by atoms with E-state index in [1.807, 2.05) is 0 Å². The van der Waals surface area contributed by atoms with Crippen molar-refractivity contribution in [2.75, 3.05) is 38.0 Å². The van der Waals surface area contributed by atoms with Gasteiger partial charge in [-0.3, -0.25) is 25.0 Å². The monoisotopic (exact) mass is 520 g/mol. The molecule has 0 N–H and O–H groups in total. The molecule has 0 bridgehead atoms. The lowest BCUT2D eigenvalue weighted by molar-refractivity contribution is -0.384. The molecule has 9 heteroatoms. The molecule has 1 aliphatic rings. The van der Waals surface area contributed by atoms with Gasteiger partial charge in [-0.2, -0.15) is 0 Å². The SMILES string of the molecule is CCC(C)(C)C1C/C(=C/c2ccc(N(C)C)c([N+](=O)[O-])c2)C(=O)/C(=C/c2ccc(N(C)C)c([N+](=O)[O-])c2)C1. The molecule has 1 fully saturated rings. The number of Topliss-reactive ketones (excluding diaryl/α,β-unsaturated/α-hetero) is 1. The van der Waals surface area contributed by atoms with Crippen molar-refractivity contribution in [1.29, 1.82) is 0 Å². The van der Waals surface area contributed by atoms with Crippen LogP contribution in [0.1, 0.15) is 51.2 Å². The first-order valence-corrected chi connectivity index (χ1v) is 12.6. The van der Waals surface area contributed by atoms with E-state index < -0.39 is 9.85 Å². The third kappa shape index (κ3) is 6.10. The molecule has 1 saturated carbocycles. The second-order valence-corrected chi connectivity index (χ2v) is 10.9. The Morgan fingerprint density at radius 3 is 1.55 bits per heavy atom. The summed E-state index contributed by atoms with van der Waals surface area (Å²) >= 11 is 0. The molecule has 202 valence electrons.